The highest BCUT2D eigenvalue weighted by molar-refractivity contribution is 5.93. The van der Waals surface area contributed by atoms with Gasteiger partial charge < -0.3 is 9.47 Å². The minimum Gasteiger partial charge on any atom is -0.465 e. The lowest BCUT2D eigenvalue weighted by Crippen LogP contribution is -2.07. The molecule has 0 aliphatic heterocycles. The standard InChI is InChI=1S/C14H13NO6/c1-4-21-13(16)6-5-10-7-11(15(18)19)8-12(9(10)2)14(17)20-3/h7-8H,4H2,1-3H3. The van der Waals surface area contributed by atoms with Crippen molar-refractivity contribution in [3.05, 3.63) is 38.9 Å². The Bertz CT molecular complexity index is 653. The normalized spacial score (nSPS) is 9.29. The van der Waals surface area contributed by atoms with E-state index in [1.807, 2.05) is 0 Å². The highest BCUT2D eigenvalue weighted by Crippen LogP contribution is 2.22. The van der Waals surface area contributed by atoms with Crippen LogP contribution in [0.25, 0.3) is 0 Å². The summed E-state index contributed by atoms with van der Waals surface area (Å²) in [7, 11) is 1.17. The molecule has 7 heteroatoms. The van der Waals surface area contributed by atoms with Gasteiger partial charge in [-0.1, -0.05) is 5.92 Å². The van der Waals surface area contributed by atoms with Gasteiger partial charge in [0.25, 0.3) is 5.69 Å². The molecule has 0 N–H and O–H groups in total. The number of ether oxygens (including phenoxy) is 2. The second-order valence-corrected chi connectivity index (χ2v) is 3.89. The number of non-ortho nitro benzene ring substituents is 1. The summed E-state index contributed by atoms with van der Waals surface area (Å²) in [6, 6.07) is 2.30. The quantitative estimate of drug-likeness (QED) is 0.363. The molecule has 0 spiro atoms. The molecule has 110 valence electrons. The van der Waals surface area contributed by atoms with Gasteiger partial charge in [0.2, 0.25) is 0 Å². The van der Waals surface area contributed by atoms with Crippen molar-refractivity contribution in [2.24, 2.45) is 0 Å². The fourth-order valence-electron chi connectivity index (χ4n) is 1.54. The van der Waals surface area contributed by atoms with Crippen LogP contribution in [0.15, 0.2) is 12.1 Å². The van der Waals surface area contributed by atoms with E-state index in [2.05, 4.69) is 21.3 Å². The SMILES string of the molecule is CCOC(=O)C#Cc1cc([N+](=O)[O-])cc(C(=O)OC)c1C. The first kappa shape index (κ1) is 16.2. The Morgan fingerprint density at radius 2 is 2.05 bits per heavy atom. The third-order valence-electron chi connectivity index (χ3n) is 2.58. The monoisotopic (exact) mass is 291 g/mol. The lowest BCUT2D eigenvalue weighted by molar-refractivity contribution is -0.384. The number of hydrogen-bond acceptors (Lipinski definition) is 6. The summed E-state index contributed by atoms with van der Waals surface area (Å²) in [5, 5.41) is 10.9. The van der Waals surface area contributed by atoms with Crippen LogP contribution in [0.5, 0.6) is 0 Å². The minimum absolute atomic E-state index is 0.0276. The number of esters is 2. The van der Waals surface area contributed by atoms with Gasteiger partial charge in [0.1, 0.15) is 0 Å². The van der Waals surface area contributed by atoms with Crippen molar-refractivity contribution < 1.29 is 24.0 Å². The molecule has 0 saturated carbocycles. The van der Waals surface area contributed by atoms with Crippen LogP contribution in [-0.4, -0.2) is 30.6 Å². The van der Waals surface area contributed by atoms with Crippen LogP contribution in [0.3, 0.4) is 0 Å². The van der Waals surface area contributed by atoms with Gasteiger partial charge in [-0.25, -0.2) is 9.59 Å². The summed E-state index contributed by atoms with van der Waals surface area (Å²) in [5.74, 6) is 3.22. The lowest BCUT2D eigenvalue weighted by atomic mass is 10.0. The third-order valence-corrected chi connectivity index (χ3v) is 2.58. The summed E-state index contributed by atoms with van der Waals surface area (Å²) in [4.78, 5) is 33.0. The Hall–Kier alpha value is -2.88. The van der Waals surface area contributed by atoms with Crippen LogP contribution in [0.1, 0.15) is 28.4 Å². The molecule has 0 aliphatic rings. The maximum absolute atomic E-state index is 11.6. The summed E-state index contributed by atoms with van der Waals surface area (Å²) in [6.07, 6.45) is 0. The van der Waals surface area contributed by atoms with Gasteiger partial charge >= 0.3 is 11.9 Å². The minimum atomic E-state index is -0.747. The zero-order chi connectivity index (χ0) is 16.0. The second-order valence-electron chi connectivity index (χ2n) is 3.89. The first-order valence-corrected chi connectivity index (χ1v) is 5.96. The van der Waals surface area contributed by atoms with E-state index in [0.717, 1.165) is 6.07 Å². The van der Waals surface area contributed by atoms with Crippen molar-refractivity contribution in [1.82, 2.24) is 0 Å². The van der Waals surface area contributed by atoms with Gasteiger partial charge in [-0.15, -0.1) is 0 Å². The number of nitrogens with zero attached hydrogens (tertiary/aromatic N) is 1. The van der Waals surface area contributed by atoms with E-state index >= 15 is 0 Å². The number of benzene rings is 1. The van der Waals surface area contributed by atoms with Gasteiger partial charge in [-0.2, -0.15) is 0 Å². The molecule has 0 heterocycles. The molecule has 0 aromatic heterocycles. The Labute approximate surface area is 121 Å². The third kappa shape index (κ3) is 4.04. The average Bonchev–Trinajstić information content (AvgIpc) is 2.45. The topological polar surface area (TPSA) is 95.7 Å². The molecule has 0 fully saturated rings. The molecule has 1 aromatic rings. The van der Waals surface area contributed by atoms with Gasteiger partial charge in [0, 0.05) is 23.6 Å². The van der Waals surface area contributed by atoms with E-state index in [4.69, 9.17) is 0 Å². The van der Waals surface area contributed by atoms with Crippen molar-refractivity contribution in [2.75, 3.05) is 13.7 Å². The lowest BCUT2D eigenvalue weighted by Gasteiger charge is -2.06. The number of carbonyl (C=O) groups excluding carboxylic acids is 2. The molecule has 1 rings (SSSR count). The summed E-state index contributed by atoms with van der Waals surface area (Å²) < 4.78 is 9.21. The largest absolute Gasteiger partial charge is 0.465 e. The van der Waals surface area contributed by atoms with E-state index in [-0.39, 0.29) is 23.4 Å². The van der Waals surface area contributed by atoms with Crippen molar-refractivity contribution in [2.45, 2.75) is 13.8 Å². The molecule has 0 atom stereocenters. The van der Waals surface area contributed by atoms with Crippen LogP contribution in [0.4, 0.5) is 5.69 Å². The van der Waals surface area contributed by atoms with Crippen molar-refractivity contribution in [3.8, 4) is 11.8 Å². The summed E-state index contributed by atoms with van der Waals surface area (Å²) >= 11 is 0. The first-order chi connectivity index (χ1) is 9.90. The van der Waals surface area contributed by atoms with E-state index in [9.17, 15) is 19.7 Å². The fraction of sp³-hybridized carbons (Fsp3) is 0.286. The molecule has 0 unspecified atom stereocenters. The van der Waals surface area contributed by atoms with E-state index in [1.165, 1.54) is 13.2 Å². The molecule has 1 aromatic carbocycles. The Morgan fingerprint density at radius 3 is 2.57 bits per heavy atom. The van der Waals surface area contributed by atoms with E-state index < -0.39 is 16.9 Å². The van der Waals surface area contributed by atoms with Crippen molar-refractivity contribution in [1.29, 1.82) is 0 Å². The van der Waals surface area contributed by atoms with Crippen LogP contribution >= 0.6 is 0 Å². The molecular weight excluding hydrogens is 278 g/mol. The first-order valence-electron chi connectivity index (χ1n) is 5.96. The molecule has 0 radical (unpaired) electrons. The number of rotatable bonds is 3. The summed E-state index contributed by atoms with van der Waals surface area (Å²) in [6.45, 7) is 3.37. The van der Waals surface area contributed by atoms with Gasteiger partial charge in [0.05, 0.1) is 24.2 Å². The highest BCUT2D eigenvalue weighted by atomic mass is 16.6. The molecule has 0 amide bonds. The van der Waals surface area contributed by atoms with Crippen LogP contribution < -0.4 is 0 Å². The maximum Gasteiger partial charge on any atom is 0.384 e. The van der Waals surface area contributed by atoms with Crippen LogP contribution in [0.2, 0.25) is 0 Å². The molecule has 0 saturated heterocycles. The zero-order valence-electron chi connectivity index (χ0n) is 11.8. The Balaban J connectivity index is 3.37. The van der Waals surface area contributed by atoms with Gasteiger partial charge in [0.15, 0.2) is 0 Å². The van der Waals surface area contributed by atoms with Gasteiger partial charge in [-0.05, 0) is 19.4 Å². The molecule has 21 heavy (non-hydrogen) atoms. The number of carbonyl (C=O) groups is 2. The average molecular weight is 291 g/mol. The van der Waals surface area contributed by atoms with Crippen LogP contribution in [-0.2, 0) is 14.3 Å². The number of nitro groups is 1. The Kier molecular flexibility index (Phi) is 5.43. The molecular formula is C14H13NO6. The second kappa shape index (κ2) is 7.05. The number of methoxy groups -OCH3 is 1. The zero-order valence-corrected chi connectivity index (χ0v) is 11.8. The predicted octanol–water partition coefficient (Wildman–Crippen LogP) is 1.60. The van der Waals surface area contributed by atoms with Crippen molar-refractivity contribution >= 4 is 17.6 Å². The van der Waals surface area contributed by atoms with E-state index in [0.29, 0.717) is 5.56 Å². The van der Waals surface area contributed by atoms with Crippen LogP contribution in [0, 0.1) is 28.9 Å². The molecule has 7 nitrogen and oxygen atoms in total. The maximum atomic E-state index is 11.6. The molecule has 0 aliphatic carbocycles. The van der Waals surface area contributed by atoms with Crippen molar-refractivity contribution in [3.63, 3.8) is 0 Å². The summed E-state index contributed by atoms with van der Waals surface area (Å²) in [5.41, 5.74) is 0.302. The number of nitro benzene ring substituents is 1. The predicted molar refractivity (Wildman–Crippen MR) is 72.7 cm³/mol. The fourth-order valence-corrected chi connectivity index (χ4v) is 1.54. The van der Waals surface area contributed by atoms with Gasteiger partial charge in [-0.3, -0.25) is 10.1 Å². The number of hydrogen-bond donors (Lipinski definition) is 0. The highest BCUT2D eigenvalue weighted by Gasteiger charge is 2.18. The smallest absolute Gasteiger partial charge is 0.384 e. The Morgan fingerprint density at radius 1 is 1.38 bits per heavy atom. The molecule has 0 bridgehead atoms. The van der Waals surface area contributed by atoms with E-state index in [1.54, 1.807) is 13.8 Å².